The first-order valence-electron chi connectivity index (χ1n) is 13.4. The van der Waals surface area contributed by atoms with E-state index in [1.165, 1.54) is 0 Å². The van der Waals surface area contributed by atoms with Gasteiger partial charge in [0.15, 0.2) is 0 Å². The van der Waals surface area contributed by atoms with E-state index in [-0.39, 0.29) is 18.4 Å². The highest BCUT2D eigenvalue weighted by molar-refractivity contribution is 5.97. The third-order valence-corrected chi connectivity index (χ3v) is 6.81. The average Bonchev–Trinajstić information content (AvgIpc) is 3.39. The average molecular weight is 524 g/mol. The zero-order valence-electron chi connectivity index (χ0n) is 23.0. The Hall–Kier alpha value is -4.32. The quantitative estimate of drug-likeness (QED) is 0.231. The molecule has 3 aromatic carbocycles. The van der Waals surface area contributed by atoms with Crippen molar-refractivity contribution < 1.29 is 14.3 Å². The number of hydrogen-bond donors (Lipinski definition) is 0. The number of methoxy groups -OCH3 is 1. The summed E-state index contributed by atoms with van der Waals surface area (Å²) in [7, 11) is 1.67. The molecule has 39 heavy (non-hydrogen) atoms. The molecule has 202 valence electrons. The van der Waals surface area contributed by atoms with Crippen LogP contribution in [0.15, 0.2) is 97.2 Å². The second-order valence-corrected chi connectivity index (χ2v) is 9.76. The minimum absolute atomic E-state index is 0.0322. The van der Waals surface area contributed by atoms with Crippen LogP contribution in [0.5, 0.6) is 5.75 Å². The van der Waals surface area contributed by atoms with E-state index in [4.69, 9.17) is 4.74 Å². The van der Waals surface area contributed by atoms with Crippen molar-refractivity contribution in [2.45, 2.75) is 39.9 Å². The highest BCUT2D eigenvalue weighted by Gasteiger charge is 2.24. The molecule has 0 saturated carbocycles. The topological polar surface area (TPSA) is 54.8 Å². The Morgan fingerprint density at radius 2 is 1.56 bits per heavy atom. The SMILES string of the molecule is CCCN(CC(=O)N(Cc1ccccc1)Cc1cccn1Cc1cccc(OC)c1)C(=O)c1ccccc1C. The lowest BCUT2D eigenvalue weighted by Gasteiger charge is -2.28. The van der Waals surface area contributed by atoms with Crippen molar-refractivity contribution in [3.8, 4) is 5.75 Å². The minimum Gasteiger partial charge on any atom is -0.497 e. The molecule has 0 saturated heterocycles. The van der Waals surface area contributed by atoms with Crippen LogP contribution in [0.25, 0.3) is 0 Å². The Kier molecular flexibility index (Phi) is 9.57. The highest BCUT2D eigenvalue weighted by Crippen LogP contribution is 2.18. The molecule has 0 aliphatic carbocycles. The lowest BCUT2D eigenvalue weighted by molar-refractivity contribution is -0.133. The summed E-state index contributed by atoms with van der Waals surface area (Å²) in [6.07, 6.45) is 2.80. The van der Waals surface area contributed by atoms with Gasteiger partial charge in [-0.15, -0.1) is 0 Å². The maximum absolute atomic E-state index is 13.8. The maximum atomic E-state index is 13.8. The fourth-order valence-electron chi connectivity index (χ4n) is 4.72. The van der Waals surface area contributed by atoms with Crippen molar-refractivity contribution in [1.82, 2.24) is 14.4 Å². The van der Waals surface area contributed by atoms with Crippen molar-refractivity contribution in [3.05, 3.63) is 125 Å². The second-order valence-electron chi connectivity index (χ2n) is 9.76. The van der Waals surface area contributed by atoms with Gasteiger partial charge in [-0.05, 0) is 60.4 Å². The zero-order chi connectivity index (χ0) is 27.6. The molecule has 0 bridgehead atoms. The zero-order valence-corrected chi connectivity index (χ0v) is 23.0. The first-order chi connectivity index (χ1) is 19.0. The lowest BCUT2D eigenvalue weighted by atomic mass is 10.1. The van der Waals surface area contributed by atoms with E-state index in [9.17, 15) is 9.59 Å². The molecule has 0 spiro atoms. The molecule has 4 rings (SSSR count). The summed E-state index contributed by atoms with van der Waals surface area (Å²) in [6.45, 7) is 6.06. The normalized spacial score (nSPS) is 10.7. The molecule has 0 fully saturated rings. The Labute approximate surface area is 231 Å². The van der Waals surface area contributed by atoms with Crippen LogP contribution in [0.3, 0.4) is 0 Å². The van der Waals surface area contributed by atoms with Gasteiger partial charge in [0.1, 0.15) is 12.3 Å². The summed E-state index contributed by atoms with van der Waals surface area (Å²) in [4.78, 5) is 30.8. The van der Waals surface area contributed by atoms with E-state index >= 15 is 0 Å². The van der Waals surface area contributed by atoms with Gasteiger partial charge in [-0.3, -0.25) is 9.59 Å². The molecule has 0 atom stereocenters. The molecule has 2 amide bonds. The number of ether oxygens (including phenoxy) is 1. The summed E-state index contributed by atoms with van der Waals surface area (Å²) in [5.41, 5.74) is 4.73. The molecule has 6 nitrogen and oxygen atoms in total. The molecular formula is C33H37N3O3. The second kappa shape index (κ2) is 13.5. The predicted molar refractivity (Wildman–Crippen MR) is 155 cm³/mol. The first kappa shape index (κ1) is 27.7. The molecule has 0 radical (unpaired) electrons. The van der Waals surface area contributed by atoms with Crippen LogP contribution < -0.4 is 4.74 Å². The van der Waals surface area contributed by atoms with E-state index < -0.39 is 0 Å². The van der Waals surface area contributed by atoms with Gasteiger partial charge in [-0.25, -0.2) is 0 Å². The summed E-state index contributed by atoms with van der Waals surface area (Å²) < 4.78 is 7.54. The third-order valence-electron chi connectivity index (χ3n) is 6.81. The predicted octanol–water partition coefficient (Wildman–Crippen LogP) is 5.93. The van der Waals surface area contributed by atoms with Crippen molar-refractivity contribution in [2.75, 3.05) is 20.2 Å². The summed E-state index contributed by atoms with van der Waals surface area (Å²) in [5, 5.41) is 0. The maximum Gasteiger partial charge on any atom is 0.254 e. The molecular weight excluding hydrogens is 486 g/mol. The summed E-state index contributed by atoms with van der Waals surface area (Å²) >= 11 is 0. The molecule has 4 aromatic rings. The standard InChI is InChI=1S/C33H37N3O3/c1-4-19-35(33(38)31-18-9-8-12-26(31)2)25-32(37)36(22-27-13-6-5-7-14-27)24-29-16-11-20-34(29)23-28-15-10-17-30(21-28)39-3/h5-18,20-21H,4,19,22-25H2,1-3H3. The van der Waals surface area contributed by atoms with E-state index in [2.05, 4.69) is 10.6 Å². The number of aromatic nitrogens is 1. The van der Waals surface area contributed by atoms with Gasteiger partial charge in [-0.2, -0.15) is 0 Å². The van der Waals surface area contributed by atoms with Crippen LogP contribution in [0.4, 0.5) is 0 Å². The Morgan fingerprint density at radius 3 is 2.31 bits per heavy atom. The van der Waals surface area contributed by atoms with Gasteiger partial charge in [0.05, 0.1) is 13.7 Å². The van der Waals surface area contributed by atoms with Crippen molar-refractivity contribution >= 4 is 11.8 Å². The number of nitrogens with zero attached hydrogens (tertiary/aromatic N) is 3. The first-order valence-corrected chi connectivity index (χ1v) is 13.4. The molecule has 6 heteroatoms. The van der Waals surface area contributed by atoms with Crippen molar-refractivity contribution in [1.29, 1.82) is 0 Å². The van der Waals surface area contributed by atoms with Gasteiger partial charge in [-0.1, -0.05) is 67.6 Å². The van der Waals surface area contributed by atoms with Crippen LogP contribution in [-0.2, 0) is 24.4 Å². The van der Waals surface area contributed by atoms with Gasteiger partial charge in [0, 0.05) is 37.1 Å². The van der Waals surface area contributed by atoms with Crippen molar-refractivity contribution in [2.24, 2.45) is 0 Å². The van der Waals surface area contributed by atoms with E-state index in [1.54, 1.807) is 12.0 Å². The number of rotatable bonds is 12. The van der Waals surface area contributed by atoms with Crippen LogP contribution in [0.2, 0.25) is 0 Å². The fraction of sp³-hybridized carbons (Fsp3) is 0.273. The van der Waals surface area contributed by atoms with Gasteiger partial charge in [0.25, 0.3) is 5.91 Å². The lowest BCUT2D eigenvalue weighted by Crippen LogP contribution is -2.43. The van der Waals surface area contributed by atoms with E-state index in [1.807, 2.05) is 110 Å². The molecule has 0 aliphatic heterocycles. The van der Waals surface area contributed by atoms with E-state index in [0.717, 1.165) is 34.6 Å². The number of carbonyl (C=O) groups is 2. The van der Waals surface area contributed by atoms with Crippen molar-refractivity contribution in [3.63, 3.8) is 0 Å². The number of carbonyl (C=O) groups excluding carboxylic acids is 2. The van der Waals surface area contributed by atoms with Crippen LogP contribution in [0.1, 0.15) is 46.1 Å². The number of amides is 2. The third kappa shape index (κ3) is 7.38. The van der Waals surface area contributed by atoms with Crippen LogP contribution in [-0.4, -0.2) is 46.4 Å². The summed E-state index contributed by atoms with van der Waals surface area (Å²) in [6, 6.07) is 29.6. The summed E-state index contributed by atoms with van der Waals surface area (Å²) in [5.74, 6) is 0.629. The smallest absolute Gasteiger partial charge is 0.254 e. The van der Waals surface area contributed by atoms with Crippen LogP contribution in [0, 0.1) is 6.92 Å². The fourth-order valence-corrected chi connectivity index (χ4v) is 4.72. The minimum atomic E-state index is -0.107. The molecule has 0 aliphatic rings. The van der Waals surface area contributed by atoms with Crippen LogP contribution >= 0.6 is 0 Å². The number of aryl methyl sites for hydroxylation is 1. The Balaban J connectivity index is 1.57. The molecule has 0 unspecified atom stereocenters. The number of benzene rings is 3. The highest BCUT2D eigenvalue weighted by atomic mass is 16.5. The molecule has 1 aromatic heterocycles. The monoisotopic (exact) mass is 523 g/mol. The Bertz CT molecular complexity index is 1380. The van der Waals surface area contributed by atoms with E-state index in [0.29, 0.717) is 31.7 Å². The van der Waals surface area contributed by atoms with Gasteiger partial charge < -0.3 is 19.1 Å². The number of hydrogen-bond acceptors (Lipinski definition) is 3. The largest absolute Gasteiger partial charge is 0.497 e. The Morgan fingerprint density at radius 1 is 0.821 bits per heavy atom. The molecule has 0 N–H and O–H groups in total. The molecule has 1 heterocycles. The van der Waals surface area contributed by atoms with Gasteiger partial charge in [0.2, 0.25) is 5.91 Å². The van der Waals surface area contributed by atoms with Gasteiger partial charge >= 0.3 is 0 Å².